The predicted molar refractivity (Wildman–Crippen MR) is 91.9 cm³/mol. The molecule has 0 aliphatic heterocycles. The molecule has 1 heterocycles. The molecule has 1 aromatic heterocycles. The molecule has 0 bridgehead atoms. The molecular weight excluding hydrogens is 328 g/mol. The Hall–Kier alpha value is -2.86. The van der Waals surface area contributed by atoms with Crippen molar-refractivity contribution >= 4 is 23.3 Å². The lowest BCUT2D eigenvalue weighted by atomic mass is 10.2. The van der Waals surface area contributed by atoms with Gasteiger partial charge in [-0.2, -0.15) is 4.98 Å². The van der Waals surface area contributed by atoms with Gasteiger partial charge in [-0.25, -0.2) is 4.79 Å². The van der Waals surface area contributed by atoms with Gasteiger partial charge in [0.2, 0.25) is 11.7 Å². The van der Waals surface area contributed by atoms with Crippen molar-refractivity contribution in [3.05, 3.63) is 65.5 Å². The van der Waals surface area contributed by atoms with E-state index in [0.717, 1.165) is 11.3 Å². The summed E-state index contributed by atoms with van der Waals surface area (Å²) in [6.45, 7) is 0.390. The lowest BCUT2D eigenvalue weighted by Crippen LogP contribution is -2.30. The molecule has 0 unspecified atom stereocenters. The third-order valence-corrected chi connectivity index (χ3v) is 3.48. The van der Waals surface area contributed by atoms with E-state index in [1.54, 1.807) is 12.1 Å². The molecule has 3 aromatic rings. The summed E-state index contributed by atoms with van der Waals surface area (Å²) in [4.78, 5) is 16.1. The van der Waals surface area contributed by atoms with Gasteiger partial charge in [0.1, 0.15) is 0 Å². The highest BCUT2D eigenvalue weighted by Gasteiger charge is 2.09. The van der Waals surface area contributed by atoms with Gasteiger partial charge >= 0.3 is 6.03 Å². The minimum atomic E-state index is -0.279. The molecule has 0 aliphatic rings. The lowest BCUT2D eigenvalue weighted by Gasteiger charge is -2.05. The Morgan fingerprint density at radius 3 is 2.58 bits per heavy atom. The Morgan fingerprint density at radius 2 is 1.83 bits per heavy atom. The van der Waals surface area contributed by atoms with Gasteiger partial charge in [-0.3, -0.25) is 0 Å². The topological polar surface area (TPSA) is 80.1 Å². The highest BCUT2D eigenvalue weighted by molar-refractivity contribution is 6.30. The van der Waals surface area contributed by atoms with Crippen molar-refractivity contribution in [1.82, 2.24) is 15.5 Å². The number of hydrogen-bond donors (Lipinski definition) is 2. The van der Waals surface area contributed by atoms with Crippen LogP contribution in [0.1, 0.15) is 5.89 Å². The molecule has 2 amide bonds. The summed E-state index contributed by atoms with van der Waals surface area (Å²) in [5.74, 6) is 0.954. The van der Waals surface area contributed by atoms with Crippen LogP contribution in [-0.2, 0) is 6.42 Å². The lowest BCUT2D eigenvalue weighted by molar-refractivity contribution is 0.252. The molecule has 0 atom stereocenters. The van der Waals surface area contributed by atoms with Gasteiger partial charge in [0, 0.05) is 29.2 Å². The van der Waals surface area contributed by atoms with Crippen molar-refractivity contribution < 1.29 is 9.32 Å². The van der Waals surface area contributed by atoms with Gasteiger partial charge in [0.15, 0.2) is 0 Å². The number of carbonyl (C=O) groups is 1. The fourth-order valence-corrected chi connectivity index (χ4v) is 2.18. The maximum absolute atomic E-state index is 11.8. The number of rotatable bonds is 5. The van der Waals surface area contributed by atoms with E-state index < -0.39 is 0 Å². The first-order chi connectivity index (χ1) is 11.7. The van der Waals surface area contributed by atoms with Crippen LogP contribution in [0, 0.1) is 0 Å². The molecule has 2 N–H and O–H groups in total. The Balaban J connectivity index is 1.49. The van der Waals surface area contributed by atoms with Crippen molar-refractivity contribution in [2.24, 2.45) is 0 Å². The second kappa shape index (κ2) is 7.61. The molecule has 0 fully saturated rings. The highest BCUT2D eigenvalue weighted by Crippen LogP contribution is 2.18. The van der Waals surface area contributed by atoms with E-state index in [2.05, 4.69) is 20.8 Å². The van der Waals surface area contributed by atoms with Crippen LogP contribution in [0.25, 0.3) is 11.4 Å². The number of amides is 2. The Labute approximate surface area is 143 Å². The third kappa shape index (κ3) is 4.33. The van der Waals surface area contributed by atoms with Crippen LogP contribution >= 0.6 is 11.6 Å². The number of hydrogen-bond acceptors (Lipinski definition) is 4. The number of anilines is 1. The van der Waals surface area contributed by atoms with Crippen LogP contribution in [0.15, 0.2) is 59.1 Å². The van der Waals surface area contributed by atoms with Crippen molar-refractivity contribution in [2.75, 3.05) is 11.9 Å². The molecule has 24 heavy (non-hydrogen) atoms. The zero-order chi connectivity index (χ0) is 16.8. The number of carbonyl (C=O) groups excluding carboxylic acids is 1. The summed E-state index contributed by atoms with van der Waals surface area (Å²) in [7, 11) is 0. The first-order valence-electron chi connectivity index (χ1n) is 7.39. The van der Waals surface area contributed by atoms with Crippen molar-refractivity contribution in [3.63, 3.8) is 0 Å². The normalized spacial score (nSPS) is 10.4. The van der Waals surface area contributed by atoms with Gasteiger partial charge in [-0.15, -0.1) is 0 Å². The molecule has 0 saturated carbocycles. The van der Waals surface area contributed by atoms with E-state index in [4.69, 9.17) is 16.1 Å². The van der Waals surface area contributed by atoms with E-state index in [1.807, 2.05) is 42.5 Å². The molecule has 122 valence electrons. The SMILES string of the molecule is O=C(NCCc1nc(-c2ccc(Cl)cc2)no1)Nc1ccccc1. The molecular formula is C17H15ClN4O2. The van der Waals surface area contributed by atoms with Crippen molar-refractivity contribution in [1.29, 1.82) is 0 Å². The summed E-state index contributed by atoms with van der Waals surface area (Å²) in [6, 6.07) is 16.1. The van der Waals surface area contributed by atoms with Crippen LogP contribution in [-0.4, -0.2) is 22.7 Å². The average Bonchev–Trinajstić information content (AvgIpc) is 3.05. The van der Waals surface area contributed by atoms with E-state index in [1.165, 1.54) is 0 Å². The maximum atomic E-state index is 11.8. The van der Waals surface area contributed by atoms with Crippen LogP contribution in [0.2, 0.25) is 5.02 Å². The largest absolute Gasteiger partial charge is 0.339 e. The fraction of sp³-hybridized carbons (Fsp3) is 0.118. The van der Waals surface area contributed by atoms with E-state index in [9.17, 15) is 4.79 Å². The summed E-state index contributed by atoms with van der Waals surface area (Å²) < 4.78 is 5.18. The van der Waals surface area contributed by atoms with Crippen LogP contribution in [0.3, 0.4) is 0 Å². The minimum Gasteiger partial charge on any atom is -0.339 e. The summed E-state index contributed by atoms with van der Waals surface area (Å²) in [5, 5.41) is 10.0. The second-order valence-electron chi connectivity index (χ2n) is 5.02. The van der Waals surface area contributed by atoms with Gasteiger partial charge < -0.3 is 15.2 Å². The fourth-order valence-electron chi connectivity index (χ4n) is 2.05. The zero-order valence-electron chi connectivity index (χ0n) is 12.7. The van der Waals surface area contributed by atoms with Crippen LogP contribution < -0.4 is 10.6 Å². The van der Waals surface area contributed by atoms with Crippen molar-refractivity contribution in [3.8, 4) is 11.4 Å². The standard InChI is InChI=1S/C17H15ClN4O2/c18-13-8-6-12(7-9-13)16-21-15(24-22-16)10-11-19-17(23)20-14-4-2-1-3-5-14/h1-9H,10-11H2,(H2,19,20,23). The Bertz CT molecular complexity index is 803. The van der Waals surface area contributed by atoms with Gasteiger partial charge in [-0.05, 0) is 36.4 Å². The van der Waals surface area contributed by atoms with Crippen LogP contribution in [0.5, 0.6) is 0 Å². The molecule has 7 heteroatoms. The second-order valence-corrected chi connectivity index (χ2v) is 5.45. The van der Waals surface area contributed by atoms with Gasteiger partial charge in [-0.1, -0.05) is 35.0 Å². The average molecular weight is 343 g/mol. The molecule has 0 aliphatic carbocycles. The quantitative estimate of drug-likeness (QED) is 0.740. The molecule has 2 aromatic carbocycles. The predicted octanol–water partition coefficient (Wildman–Crippen LogP) is 3.75. The number of nitrogens with zero attached hydrogens (tertiary/aromatic N) is 2. The number of urea groups is 1. The van der Waals surface area contributed by atoms with E-state index in [-0.39, 0.29) is 6.03 Å². The van der Waals surface area contributed by atoms with Gasteiger partial charge in [0.05, 0.1) is 0 Å². The summed E-state index contributed by atoms with van der Waals surface area (Å²) in [5.41, 5.74) is 1.56. The summed E-state index contributed by atoms with van der Waals surface area (Å²) in [6.07, 6.45) is 0.447. The number of nitrogens with one attached hydrogen (secondary N) is 2. The van der Waals surface area contributed by atoms with Crippen molar-refractivity contribution in [2.45, 2.75) is 6.42 Å². The first kappa shape index (κ1) is 16.0. The molecule has 0 radical (unpaired) electrons. The molecule has 0 saturated heterocycles. The smallest absolute Gasteiger partial charge is 0.319 e. The van der Waals surface area contributed by atoms with Gasteiger partial charge in [0.25, 0.3) is 0 Å². The van der Waals surface area contributed by atoms with Crippen LogP contribution in [0.4, 0.5) is 10.5 Å². The monoisotopic (exact) mass is 342 g/mol. The molecule has 3 rings (SSSR count). The van der Waals surface area contributed by atoms with E-state index >= 15 is 0 Å². The van der Waals surface area contributed by atoms with E-state index in [0.29, 0.717) is 29.7 Å². The third-order valence-electron chi connectivity index (χ3n) is 3.23. The number of aromatic nitrogens is 2. The maximum Gasteiger partial charge on any atom is 0.319 e. The number of halogens is 1. The Kier molecular flexibility index (Phi) is 5.08. The number of para-hydroxylation sites is 1. The molecule has 6 nitrogen and oxygen atoms in total. The zero-order valence-corrected chi connectivity index (χ0v) is 13.5. The number of benzene rings is 2. The molecule has 0 spiro atoms. The first-order valence-corrected chi connectivity index (χ1v) is 7.77. The minimum absolute atomic E-state index is 0.279. The summed E-state index contributed by atoms with van der Waals surface area (Å²) >= 11 is 5.85. The highest BCUT2D eigenvalue weighted by atomic mass is 35.5. The Morgan fingerprint density at radius 1 is 1.08 bits per heavy atom.